The van der Waals surface area contributed by atoms with Crippen molar-refractivity contribution < 1.29 is 14.3 Å². The second-order valence-corrected chi connectivity index (χ2v) is 5.98. The molecule has 0 saturated carbocycles. The molecule has 0 amide bonds. The zero-order chi connectivity index (χ0) is 14.9. The van der Waals surface area contributed by atoms with E-state index in [1.54, 1.807) is 25.3 Å². The lowest BCUT2D eigenvalue weighted by molar-refractivity contribution is 0.0867. The molecule has 0 aromatic heterocycles. The highest BCUT2D eigenvalue weighted by Crippen LogP contribution is 2.44. The van der Waals surface area contributed by atoms with Gasteiger partial charge in [-0.1, -0.05) is 30.3 Å². The number of Topliss-reactive ketones (excluding diaryl/α,β-unsaturated/α-hetero) is 1. The molecule has 3 nitrogen and oxygen atoms in total. The fourth-order valence-electron chi connectivity index (χ4n) is 2.59. The van der Waals surface area contributed by atoms with E-state index in [1.807, 2.05) is 36.6 Å². The van der Waals surface area contributed by atoms with Crippen molar-refractivity contribution >= 4 is 17.5 Å². The fourth-order valence-corrected chi connectivity index (χ4v) is 3.43. The molecule has 2 aromatic carbocycles. The maximum absolute atomic E-state index is 13.0. The average molecular weight is 300 g/mol. The number of rotatable bonds is 3. The van der Waals surface area contributed by atoms with Gasteiger partial charge in [-0.25, -0.2) is 0 Å². The van der Waals surface area contributed by atoms with Gasteiger partial charge in [-0.3, -0.25) is 4.79 Å². The van der Waals surface area contributed by atoms with Crippen LogP contribution in [0.1, 0.15) is 15.9 Å². The molecular formula is C17H16O3S. The van der Waals surface area contributed by atoms with Crippen LogP contribution < -0.4 is 9.47 Å². The number of hydrogen-bond acceptors (Lipinski definition) is 4. The molecule has 1 unspecified atom stereocenters. The average Bonchev–Trinajstić information content (AvgIpc) is 2.56. The molecule has 0 bridgehead atoms. The van der Waals surface area contributed by atoms with E-state index >= 15 is 0 Å². The quantitative estimate of drug-likeness (QED) is 0.868. The SMILES string of the molecule is COc1ccc2c(c1)OCC(SC)(c1ccccc1)C2=O. The summed E-state index contributed by atoms with van der Waals surface area (Å²) < 4.78 is 10.4. The molecule has 2 aromatic rings. The third kappa shape index (κ3) is 2.20. The molecule has 0 saturated heterocycles. The molecular weight excluding hydrogens is 284 g/mol. The van der Waals surface area contributed by atoms with E-state index in [4.69, 9.17) is 9.47 Å². The van der Waals surface area contributed by atoms with Crippen molar-refractivity contribution in [1.29, 1.82) is 0 Å². The summed E-state index contributed by atoms with van der Waals surface area (Å²) in [4.78, 5) is 13.0. The Morgan fingerprint density at radius 1 is 1.19 bits per heavy atom. The first-order chi connectivity index (χ1) is 10.2. The van der Waals surface area contributed by atoms with Crippen LogP contribution in [0.4, 0.5) is 0 Å². The maximum Gasteiger partial charge on any atom is 0.190 e. The summed E-state index contributed by atoms with van der Waals surface area (Å²) in [5, 5.41) is 0. The van der Waals surface area contributed by atoms with Crippen LogP contribution in [0.2, 0.25) is 0 Å². The van der Waals surface area contributed by atoms with Crippen molar-refractivity contribution in [3.8, 4) is 11.5 Å². The molecule has 0 spiro atoms. The maximum atomic E-state index is 13.0. The third-order valence-electron chi connectivity index (χ3n) is 3.82. The van der Waals surface area contributed by atoms with Crippen LogP contribution in [0, 0.1) is 0 Å². The van der Waals surface area contributed by atoms with Gasteiger partial charge in [0.2, 0.25) is 0 Å². The number of carbonyl (C=O) groups is 1. The van der Waals surface area contributed by atoms with Crippen molar-refractivity contribution in [2.45, 2.75) is 4.75 Å². The van der Waals surface area contributed by atoms with Crippen LogP contribution >= 0.6 is 11.8 Å². The Bertz CT molecular complexity index is 669. The summed E-state index contributed by atoms with van der Waals surface area (Å²) in [5.41, 5.74) is 1.59. The van der Waals surface area contributed by atoms with Crippen molar-refractivity contribution in [3.05, 3.63) is 59.7 Å². The molecule has 1 aliphatic rings. The number of carbonyl (C=O) groups excluding carboxylic acids is 1. The molecule has 0 aliphatic carbocycles. The van der Waals surface area contributed by atoms with E-state index < -0.39 is 4.75 Å². The van der Waals surface area contributed by atoms with Crippen molar-refractivity contribution in [2.75, 3.05) is 20.0 Å². The van der Waals surface area contributed by atoms with Gasteiger partial charge >= 0.3 is 0 Å². The molecule has 21 heavy (non-hydrogen) atoms. The van der Waals surface area contributed by atoms with E-state index in [9.17, 15) is 4.79 Å². The van der Waals surface area contributed by atoms with Gasteiger partial charge in [0.1, 0.15) is 22.9 Å². The van der Waals surface area contributed by atoms with E-state index in [0.29, 0.717) is 23.7 Å². The number of hydrogen-bond donors (Lipinski definition) is 0. The van der Waals surface area contributed by atoms with Gasteiger partial charge in [0.25, 0.3) is 0 Å². The molecule has 4 heteroatoms. The minimum absolute atomic E-state index is 0.0881. The van der Waals surface area contributed by atoms with Gasteiger partial charge in [-0.15, -0.1) is 11.8 Å². The highest BCUT2D eigenvalue weighted by atomic mass is 32.2. The number of methoxy groups -OCH3 is 1. The number of ether oxygens (including phenoxy) is 2. The van der Waals surface area contributed by atoms with Crippen LogP contribution in [0.3, 0.4) is 0 Å². The lowest BCUT2D eigenvalue weighted by atomic mass is 9.88. The monoisotopic (exact) mass is 300 g/mol. The van der Waals surface area contributed by atoms with E-state index in [0.717, 1.165) is 5.56 Å². The van der Waals surface area contributed by atoms with Gasteiger partial charge in [0.15, 0.2) is 5.78 Å². The van der Waals surface area contributed by atoms with Crippen LogP contribution in [-0.2, 0) is 4.75 Å². The fraction of sp³-hybridized carbons (Fsp3) is 0.235. The van der Waals surface area contributed by atoms with Crippen LogP contribution in [0.25, 0.3) is 0 Å². The highest BCUT2D eigenvalue weighted by Gasteiger charge is 2.45. The Labute approximate surface area is 128 Å². The number of ketones is 1. The van der Waals surface area contributed by atoms with E-state index in [-0.39, 0.29) is 5.78 Å². The van der Waals surface area contributed by atoms with Crippen molar-refractivity contribution in [1.82, 2.24) is 0 Å². The summed E-state index contributed by atoms with van der Waals surface area (Å²) in [5.74, 6) is 1.38. The lowest BCUT2D eigenvalue weighted by Crippen LogP contribution is -2.42. The summed E-state index contributed by atoms with van der Waals surface area (Å²) in [7, 11) is 1.60. The molecule has 108 valence electrons. The molecule has 1 atom stereocenters. The first-order valence-electron chi connectivity index (χ1n) is 6.67. The number of benzene rings is 2. The number of fused-ring (bicyclic) bond motifs is 1. The lowest BCUT2D eigenvalue weighted by Gasteiger charge is -2.35. The minimum Gasteiger partial charge on any atom is -0.497 e. The molecule has 1 aliphatic heterocycles. The third-order valence-corrected chi connectivity index (χ3v) is 5.06. The summed E-state index contributed by atoms with van der Waals surface area (Å²) in [6.07, 6.45) is 1.95. The number of thioether (sulfide) groups is 1. The Kier molecular flexibility index (Phi) is 3.64. The predicted octanol–water partition coefficient (Wildman–Crippen LogP) is 3.53. The summed E-state index contributed by atoms with van der Waals surface area (Å²) in [6, 6.07) is 15.1. The molecule has 0 radical (unpaired) electrons. The summed E-state index contributed by atoms with van der Waals surface area (Å²) >= 11 is 1.52. The van der Waals surface area contributed by atoms with Crippen molar-refractivity contribution in [2.24, 2.45) is 0 Å². The topological polar surface area (TPSA) is 35.5 Å². The Morgan fingerprint density at radius 3 is 2.62 bits per heavy atom. The zero-order valence-corrected chi connectivity index (χ0v) is 12.8. The van der Waals surface area contributed by atoms with Gasteiger partial charge in [0.05, 0.1) is 12.7 Å². The van der Waals surface area contributed by atoms with Crippen LogP contribution in [0.5, 0.6) is 11.5 Å². The standard InChI is InChI=1S/C17H16O3S/c1-19-13-8-9-14-15(10-13)20-11-17(21-2,16(14)18)12-6-4-3-5-7-12/h3-10H,11H2,1-2H3. The van der Waals surface area contributed by atoms with Gasteiger partial charge in [-0.2, -0.15) is 0 Å². The van der Waals surface area contributed by atoms with E-state index in [1.165, 1.54) is 11.8 Å². The summed E-state index contributed by atoms with van der Waals surface area (Å²) in [6.45, 7) is 0.331. The first-order valence-corrected chi connectivity index (χ1v) is 7.90. The van der Waals surface area contributed by atoms with Gasteiger partial charge in [0, 0.05) is 6.07 Å². The normalized spacial score (nSPS) is 20.6. The van der Waals surface area contributed by atoms with Gasteiger partial charge in [-0.05, 0) is 24.0 Å². The van der Waals surface area contributed by atoms with Crippen LogP contribution in [-0.4, -0.2) is 25.8 Å². The molecule has 0 N–H and O–H groups in total. The zero-order valence-electron chi connectivity index (χ0n) is 12.0. The predicted molar refractivity (Wildman–Crippen MR) is 84.5 cm³/mol. The second-order valence-electron chi connectivity index (χ2n) is 4.88. The minimum atomic E-state index is -0.678. The second kappa shape index (κ2) is 5.45. The smallest absolute Gasteiger partial charge is 0.190 e. The largest absolute Gasteiger partial charge is 0.497 e. The van der Waals surface area contributed by atoms with Crippen LogP contribution in [0.15, 0.2) is 48.5 Å². The molecule has 3 rings (SSSR count). The molecule has 0 fully saturated rings. The van der Waals surface area contributed by atoms with Gasteiger partial charge < -0.3 is 9.47 Å². The Balaban J connectivity index is 2.08. The van der Waals surface area contributed by atoms with E-state index in [2.05, 4.69) is 0 Å². The Hall–Kier alpha value is -1.94. The molecule has 1 heterocycles. The Morgan fingerprint density at radius 2 is 1.95 bits per heavy atom. The van der Waals surface area contributed by atoms with Crippen molar-refractivity contribution in [3.63, 3.8) is 0 Å². The first kappa shape index (κ1) is 14.0. The highest BCUT2D eigenvalue weighted by molar-refractivity contribution is 8.00.